The molecule has 1 aromatic rings. The second-order valence-electron chi connectivity index (χ2n) is 6.61. The molecule has 1 aromatic heterocycles. The zero-order chi connectivity index (χ0) is 13.5. The lowest BCUT2D eigenvalue weighted by Gasteiger charge is -2.19. The first-order chi connectivity index (χ1) is 9.05. The summed E-state index contributed by atoms with van der Waals surface area (Å²) in [5.74, 6) is 0.690. The summed E-state index contributed by atoms with van der Waals surface area (Å²) in [5.41, 5.74) is 7.40. The molecule has 1 aliphatic heterocycles. The minimum Gasteiger partial charge on any atom is -0.348 e. The molecule has 3 rings (SSSR count). The second kappa shape index (κ2) is 5.06. The maximum absolute atomic E-state index is 6.35. The summed E-state index contributed by atoms with van der Waals surface area (Å²) in [6.45, 7) is 6.56. The van der Waals surface area contributed by atoms with Crippen molar-refractivity contribution in [3.63, 3.8) is 0 Å². The fraction of sp³-hybridized carbons (Fsp3) is 0.800. The van der Waals surface area contributed by atoms with E-state index in [9.17, 15) is 0 Å². The predicted octanol–water partition coefficient (Wildman–Crippen LogP) is 3.59. The van der Waals surface area contributed by atoms with Crippen LogP contribution in [-0.2, 0) is 5.54 Å². The fourth-order valence-electron chi connectivity index (χ4n) is 2.81. The molecule has 1 aliphatic carbocycles. The van der Waals surface area contributed by atoms with Gasteiger partial charge in [-0.05, 0) is 39.5 Å². The highest BCUT2D eigenvalue weighted by atomic mass is 32.1. The molecule has 1 saturated heterocycles. The van der Waals surface area contributed by atoms with Gasteiger partial charge >= 0.3 is 0 Å². The van der Waals surface area contributed by atoms with E-state index in [0.717, 1.165) is 0 Å². The van der Waals surface area contributed by atoms with E-state index < -0.39 is 0 Å². The summed E-state index contributed by atoms with van der Waals surface area (Å²) in [4.78, 5) is 8.77. The average Bonchev–Trinajstić information content (AvgIpc) is 3.13. The number of anilines is 1. The SMILES string of the molecule is CC(C)(N)c1sc(N2CCCCCC2)nc1C1CC1. The third-order valence-electron chi connectivity index (χ3n) is 4.07. The Morgan fingerprint density at radius 3 is 2.32 bits per heavy atom. The molecule has 2 heterocycles. The first-order valence-electron chi connectivity index (χ1n) is 7.61. The molecule has 0 atom stereocenters. The molecule has 0 spiro atoms. The maximum atomic E-state index is 6.35. The Hall–Kier alpha value is -0.610. The van der Waals surface area contributed by atoms with E-state index in [-0.39, 0.29) is 5.54 Å². The highest BCUT2D eigenvalue weighted by Crippen LogP contribution is 2.46. The number of hydrogen-bond acceptors (Lipinski definition) is 4. The number of nitrogens with two attached hydrogens (primary N) is 1. The monoisotopic (exact) mass is 279 g/mol. The van der Waals surface area contributed by atoms with E-state index in [4.69, 9.17) is 10.7 Å². The lowest BCUT2D eigenvalue weighted by atomic mass is 10.0. The van der Waals surface area contributed by atoms with Crippen molar-refractivity contribution in [3.05, 3.63) is 10.6 Å². The van der Waals surface area contributed by atoms with Crippen molar-refractivity contribution in [3.8, 4) is 0 Å². The lowest BCUT2D eigenvalue weighted by Crippen LogP contribution is -2.28. The topological polar surface area (TPSA) is 42.1 Å². The first-order valence-corrected chi connectivity index (χ1v) is 8.42. The van der Waals surface area contributed by atoms with Crippen molar-refractivity contribution in [2.45, 2.75) is 63.8 Å². The molecular formula is C15H25N3S. The van der Waals surface area contributed by atoms with E-state index in [1.54, 1.807) is 0 Å². The predicted molar refractivity (Wildman–Crippen MR) is 82.0 cm³/mol. The summed E-state index contributed by atoms with van der Waals surface area (Å²) >= 11 is 1.84. The third kappa shape index (κ3) is 2.95. The van der Waals surface area contributed by atoms with Crippen LogP contribution in [0.15, 0.2) is 0 Å². The van der Waals surface area contributed by atoms with Gasteiger partial charge in [-0.3, -0.25) is 0 Å². The molecular weight excluding hydrogens is 254 g/mol. The Bertz CT molecular complexity index is 435. The van der Waals surface area contributed by atoms with Crippen LogP contribution in [0.5, 0.6) is 0 Å². The van der Waals surface area contributed by atoms with E-state index in [1.807, 2.05) is 11.3 Å². The summed E-state index contributed by atoms with van der Waals surface area (Å²) in [6, 6.07) is 0. The van der Waals surface area contributed by atoms with Gasteiger partial charge in [0.2, 0.25) is 0 Å². The zero-order valence-electron chi connectivity index (χ0n) is 12.1. The van der Waals surface area contributed by atoms with Crippen LogP contribution < -0.4 is 10.6 Å². The molecule has 0 radical (unpaired) electrons. The minimum atomic E-state index is -0.250. The van der Waals surface area contributed by atoms with E-state index >= 15 is 0 Å². The number of hydrogen-bond donors (Lipinski definition) is 1. The number of rotatable bonds is 3. The van der Waals surface area contributed by atoms with Gasteiger partial charge in [-0.2, -0.15) is 0 Å². The van der Waals surface area contributed by atoms with Crippen molar-refractivity contribution in [1.29, 1.82) is 0 Å². The molecule has 3 nitrogen and oxygen atoms in total. The van der Waals surface area contributed by atoms with Gasteiger partial charge in [0.15, 0.2) is 5.13 Å². The molecule has 0 aromatic carbocycles. The molecule has 2 N–H and O–H groups in total. The van der Waals surface area contributed by atoms with Gasteiger partial charge in [0.25, 0.3) is 0 Å². The van der Waals surface area contributed by atoms with Crippen LogP contribution >= 0.6 is 11.3 Å². The summed E-state index contributed by atoms with van der Waals surface area (Å²) < 4.78 is 0. The largest absolute Gasteiger partial charge is 0.348 e. The van der Waals surface area contributed by atoms with Crippen LogP contribution in [0.2, 0.25) is 0 Å². The molecule has 19 heavy (non-hydrogen) atoms. The van der Waals surface area contributed by atoms with E-state index in [1.165, 1.54) is 67.3 Å². The van der Waals surface area contributed by atoms with Crippen LogP contribution in [0.4, 0.5) is 5.13 Å². The second-order valence-corrected chi connectivity index (χ2v) is 7.59. The molecule has 4 heteroatoms. The van der Waals surface area contributed by atoms with Crippen LogP contribution in [-0.4, -0.2) is 18.1 Å². The summed E-state index contributed by atoms with van der Waals surface area (Å²) in [5, 5.41) is 1.22. The Kier molecular flexibility index (Phi) is 3.56. The van der Waals surface area contributed by atoms with Crippen LogP contribution in [0.1, 0.15) is 68.9 Å². The van der Waals surface area contributed by atoms with Crippen LogP contribution in [0, 0.1) is 0 Å². The summed E-state index contributed by atoms with van der Waals surface area (Å²) in [7, 11) is 0. The zero-order valence-corrected chi connectivity index (χ0v) is 12.9. The van der Waals surface area contributed by atoms with Gasteiger partial charge in [-0.15, -0.1) is 0 Å². The molecule has 2 aliphatic rings. The van der Waals surface area contributed by atoms with Crippen LogP contribution in [0.3, 0.4) is 0 Å². The molecule has 1 saturated carbocycles. The first kappa shape index (κ1) is 13.4. The van der Waals surface area contributed by atoms with Crippen molar-refractivity contribution in [2.75, 3.05) is 18.0 Å². The third-order valence-corrected chi connectivity index (χ3v) is 5.54. The standard InChI is InChI=1S/C15H25N3S/c1-15(2,16)13-12(11-7-8-11)17-14(19-13)18-9-5-3-4-6-10-18/h11H,3-10,16H2,1-2H3. The molecule has 2 fully saturated rings. The van der Waals surface area contributed by atoms with Gasteiger partial charge in [0.1, 0.15) is 0 Å². The Morgan fingerprint density at radius 1 is 1.16 bits per heavy atom. The van der Waals surface area contributed by atoms with Crippen LogP contribution in [0.25, 0.3) is 0 Å². The van der Waals surface area contributed by atoms with Crippen molar-refractivity contribution < 1.29 is 0 Å². The van der Waals surface area contributed by atoms with Gasteiger partial charge in [-0.1, -0.05) is 24.2 Å². The molecule has 0 amide bonds. The lowest BCUT2D eigenvalue weighted by molar-refractivity contribution is 0.558. The van der Waals surface area contributed by atoms with Crippen molar-refractivity contribution in [1.82, 2.24) is 4.98 Å². The molecule has 106 valence electrons. The quantitative estimate of drug-likeness (QED) is 0.919. The van der Waals surface area contributed by atoms with Crippen molar-refractivity contribution >= 4 is 16.5 Å². The highest BCUT2D eigenvalue weighted by Gasteiger charge is 2.34. The van der Waals surface area contributed by atoms with E-state index in [0.29, 0.717) is 5.92 Å². The van der Waals surface area contributed by atoms with Gasteiger partial charge in [0, 0.05) is 29.4 Å². The minimum absolute atomic E-state index is 0.250. The number of thiazole rings is 1. The average molecular weight is 279 g/mol. The fourth-order valence-corrected chi connectivity index (χ4v) is 4.03. The highest BCUT2D eigenvalue weighted by molar-refractivity contribution is 7.15. The van der Waals surface area contributed by atoms with Gasteiger partial charge < -0.3 is 10.6 Å². The maximum Gasteiger partial charge on any atom is 0.185 e. The summed E-state index contributed by atoms with van der Waals surface area (Å²) in [6.07, 6.45) is 7.94. The molecule has 0 unspecified atom stereocenters. The van der Waals surface area contributed by atoms with Crippen molar-refractivity contribution in [2.24, 2.45) is 5.73 Å². The molecule has 0 bridgehead atoms. The Morgan fingerprint density at radius 2 is 1.79 bits per heavy atom. The van der Waals surface area contributed by atoms with E-state index in [2.05, 4.69) is 18.7 Å². The Balaban J connectivity index is 1.89. The van der Waals surface area contributed by atoms with Gasteiger partial charge in [0.05, 0.1) is 5.69 Å². The Labute approximate surface area is 120 Å². The van der Waals surface area contributed by atoms with Gasteiger partial charge in [-0.25, -0.2) is 4.98 Å². The smallest absolute Gasteiger partial charge is 0.185 e. The normalized spacial score (nSPS) is 21.5. The number of nitrogens with zero attached hydrogens (tertiary/aromatic N) is 2. The number of aromatic nitrogens is 1.